The summed E-state index contributed by atoms with van der Waals surface area (Å²) in [5.41, 5.74) is 8.31. The Balaban J connectivity index is 1.41. The molecule has 2 aromatic rings. The van der Waals surface area contributed by atoms with Crippen molar-refractivity contribution in [2.45, 2.75) is 50.9 Å². The summed E-state index contributed by atoms with van der Waals surface area (Å²) in [4.78, 5) is 38.3. The fraction of sp³-hybridized carbons (Fsp3) is 0.556. The first-order chi connectivity index (χ1) is 12.5. The molecule has 3 heterocycles. The van der Waals surface area contributed by atoms with Crippen LogP contribution in [0.5, 0.6) is 0 Å². The molecule has 7 nitrogen and oxygen atoms in total. The fourth-order valence-corrected chi connectivity index (χ4v) is 4.86. The molecule has 0 radical (unpaired) electrons. The molecule has 138 valence electrons. The number of aryl methyl sites for hydroxylation is 2. The number of thiazole rings is 1. The van der Waals surface area contributed by atoms with Gasteiger partial charge < -0.3 is 15.6 Å². The van der Waals surface area contributed by atoms with Crippen LogP contribution in [0.1, 0.15) is 48.5 Å². The van der Waals surface area contributed by atoms with Crippen LogP contribution in [0.4, 0.5) is 5.13 Å². The molecule has 1 fully saturated rings. The lowest BCUT2D eigenvalue weighted by atomic mass is 9.76. The number of hydrogen-bond donors (Lipinski definition) is 2. The van der Waals surface area contributed by atoms with E-state index in [0.717, 1.165) is 55.7 Å². The molecule has 0 atom stereocenters. The van der Waals surface area contributed by atoms with Gasteiger partial charge in [-0.3, -0.25) is 9.59 Å². The molecule has 26 heavy (non-hydrogen) atoms. The smallest absolute Gasteiger partial charge is 0.254 e. The molecule has 8 heteroatoms. The monoisotopic (exact) mass is 373 g/mol. The Labute approximate surface area is 155 Å². The van der Waals surface area contributed by atoms with Crippen LogP contribution in [0.2, 0.25) is 0 Å². The first-order valence-corrected chi connectivity index (χ1v) is 9.93. The van der Waals surface area contributed by atoms with Gasteiger partial charge >= 0.3 is 0 Å². The number of hydrogen-bond acceptors (Lipinski definition) is 6. The summed E-state index contributed by atoms with van der Waals surface area (Å²) >= 11 is 1.41. The van der Waals surface area contributed by atoms with E-state index in [9.17, 15) is 9.59 Å². The number of anilines is 1. The second-order valence-electron chi connectivity index (χ2n) is 7.32. The zero-order valence-electron chi connectivity index (χ0n) is 14.9. The molecule has 1 saturated heterocycles. The minimum Gasteiger partial charge on any atom is -0.375 e. The number of aromatic amines is 1. The van der Waals surface area contributed by atoms with Crippen LogP contribution in [-0.4, -0.2) is 38.8 Å². The maximum atomic E-state index is 12.5. The van der Waals surface area contributed by atoms with Gasteiger partial charge in [0.2, 0.25) is 5.91 Å². The third kappa shape index (κ3) is 3.02. The number of nitrogens with two attached hydrogens (primary N) is 1. The molecule has 1 aliphatic carbocycles. The molecule has 0 aromatic carbocycles. The van der Waals surface area contributed by atoms with Crippen molar-refractivity contribution < 1.29 is 4.79 Å². The van der Waals surface area contributed by atoms with Gasteiger partial charge in [-0.1, -0.05) is 0 Å². The van der Waals surface area contributed by atoms with E-state index in [4.69, 9.17) is 5.73 Å². The standard InChI is InChI=1S/C18H23N5O2S/c1-11-20-15-13(16(25)21-11)4-5-18(15)6-8-23(9-7-18)14(24)3-2-12-10-26-17(19)22-12/h10H,2-9H2,1H3,(H2,19,22)(H,20,21,25). The van der Waals surface area contributed by atoms with Crippen molar-refractivity contribution in [3.63, 3.8) is 0 Å². The van der Waals surface area contributed by atoms with Crippen molar-refractivity contribution in [2.75, 3.05) is 18.8 Å². The number of fused-ring (bicyclic) bond motifs is 2. The number of H-pyrrole nitrogens is 1. The summed E-state index contributed by atoms with van der Waals surface area (Å²) in [7, 11) is 0. The number of carbonyl (C=O) groups excluding carboxylic acids is 1. The molecule has 0 unspecified atom stereocenters. The molecular formula is C18H23N5O2S. The lowest BCUT2D eigenvalue weighted by molar-refractivity contribution is -0.132. The van der Waals surface area contributed by atoms with Gasteiger partial charge in [0.25, 0.3) is 5.56 Å². The van der Waals surface area contributed by atoms with Crippen molar-refractivity contribution in [1.29, 1.82) is 0 Å². The van der Waals surface area contributed by atoms with Crippen molar-refractivity contribution in [2.24, 2.45) is 0 Å². The molecule has 1 aliphatic heterocycles. The molecular weight excluding hydrogens is 350 g/mol. The predicted octanol–water partition coefficient (Wildman–Crippen LogP) is 1.56. The lowest BCUT2D eigenvalue weighted by Gasteiger charge is -2.39. The van der Waals surface area contributed by atoms with E-state index in [-0.39, 0.29) is 16.9 Å². The predicted molar refractivity (Wildman–Crippen MR) is 100 cm³/mol. The van der Waals surface area contributed by atoms with Crippen LogP contribution >= 0.6 is 11.3 Å². The summed E-state index contributed by atoms with van der Waals surface area (Å²) in [6.45, 7) is 3.29. The normalized spacial score (nSPS) is 18.3. The third-order valence-electron chi connectivity index (χ3n) is 5.73. The number of amides is 1. The number of nitrogens with zero attached hydrogens (tertiary/aromatic N) is 3. The SMILES string of the molecule is Cc1nc2c(c(=O)[nH]1)CCC21CCN(C(=O)CCc2csc(N)n2)CC1. The van der Waals surface area contributed by atoms with Gasteiger partial charge in [0, 0.05) is 35.9 Å². The highest BCUT2D eigenvalue weighted by Gasteiger charge is 2.44. The van der Waals surface area contributed by atoms with Gasteiger partial charge in [0.1, 0.15) is 5.82 Å². The summed E-state index contributed by atoms with van der Waals surface area (Å²) < 4.78 is 0. The van der Waals surface area contributed by atoms with Crippen LogP contribution in [-0.2, 0) is 23.1 Å². The van der Waals surface area contributed by atoms with E-state index < -0.39 is 0 Å². The van der Waals surface area contributed by atoms with Crippen LogP contribution in [0.3, 0.4) is 0 Å². The molecule has 1 spiro atoms. The van der Waals surface area contributed by atoms with Crippen molar-refractivity contribution in [3.05, 3.63) is 38.5 Å². The Kier molecular flexibility index (Phi) is 4.30. The molecule has 2 aliphatic rings. The summed E-state index contributed by atoms with van der Waals surface area (Å²) in [6, 6.07) is 0. The molecule has 2 aromatic heterocycles. The second kappa shape index (κ2) is 6.50. The molecule has 0 bridgehead atoms. The summed E-state index contributed by atoms with van der Waals surface area (Å²) in [5.74, 6) is 0.843. The number of nitrogen functional groups attached to an aromatic ring is 1. The van der Waals surface area contributed by atoms with Gasteiger partial charge in [0.15, 0.2) is 5.13 Å². The molecule has 4 rings (SSSR count). The Morgan fingerprint density at radius 1 is 1.35 bits per heavy atom. The number of piperidine rings is 1. The van der Waals surface area contributed by atoms with Crippen LogP contribution in [0.15, 0.2) is 10.2 Å². The summed E-state index contributed by atoms with van der Waals surface area (Å²) in [6.07, 6.45) is 4.60. The lowest BCUT2D eigenvalue weighted by Crippen LogP contribution is -2.45. The Morgan fingerprint density at radius 2 is 2.12 bits per heavy atom. The van der Waals surface area contributed by atoms with E-state index in [1.807, 2.05) is 17.2 Å². The van der Waals surface area contributed by atoms with Gasteiger partial charge in [-0.2, -0.15) is 0 Å². The van der Waals surface area contributed by atoms with Crippen molar-refractivity contribution in [1.82, 2.24) is 19.9 Å². The third-order valence-corrected chi connectivity index (χ3v) is 6.45. The zero-order chi connectivity index (χ0) is 18.3. The molecule has 3 N–H and O–H groups in total. The topological polar surface area (TPSA) is 105 Å². The van der Waals surface area contributed by atoms with E-state index in [0.29, 0.717) is 23.8 Å². The molecule has 1 amide bonds. The Hall–Kier alpha value is -2.22. The Bertz CT molecular complexity index is 895. The minimum absolute atomic E-state index is 0.00502. The van der Waals surface area contributed by atoms with E-state index in [1.54, 1.807) is 0 Å². The highest BCUT2D eigenvalue weighted by Crippen LogP contribution is 2.44. The van der Waals surface area contributed by atoms with E-state index >= 15 is 0 Å². The van der Waals surface area contributed by atoms with Crippen molar-refractivity contribution >= 4 is 22.4 Å². The number of rotatable bonds is 3. The largest absolute Gasteiger partial charge is 0.375 e. The summed E-state index contributed by atoms with van der Waals surface area (Å²) in [5, 5.41) is 2.46. The van der Waals surface area contributed by atoms with E-state index in [2.05, 4.69) is 15.0 Å². The number of likely N-dealkylation sites (tertiary alicyclic amines) is 1. The maximum absolute atomic E-state index is 12.5. The minimum atomic E-state index is -0.0332. The van der Waals surface area contributed by atoms with Crippen LogP contribution in [0, 0.1) is 6.92 Å². The highest BCUT2D eigenvalue weighted by atomic mass is 32.1. The second-order valence-corrected chi connectivity index (χ2v) is 8.21. The van der Waals surface area contributed by atoms with Gasteiger partial charge in [-0.15, -0.1) is 11.3 Å². The fourth-order valence-electron chi connectivity index (χ4n) is 4.27. The average molecular weight is 373 g/mol. The van der Waals surface area contributed by atoms with Crippen LogP contribution in [0.25, 0.3) is 0 Å². The number of aromatic nitrogens is 3. The van der Waals surface area contributed by atoms with Gasteiger partial charge in [-0.25, -0.2) is 9.97 Å². The average Bonchev–Trinajstić information content (AvgIpc) is 3.18. The maximum Gasteiger partial charge on any atom is 0.254 e. The highest BCUT2D eigenvalue weighted by molar-refractivity contribution is 7.13. The zero-order valence-corrected chi connectivity index (χ0v) is 15.7. The Morgan fingerprint density at radius 3 is 2.81 bits per heavy atom. The van der Waals surface area contributed by atoms with Gasteiger partial charge in [0.05, 0.1) is 11.4 Å². The van der Waals surface area contributed by atoms with E-state index in [1.165, 1.54) is 11.3 Å². The number of carbonyl (C=O) groups is 1. The van der Waals surface area contributed by atoms with Crippen LogP contribution < -0.4 is 11.3 Å². The molecule has 0 saturated carbocycles. The number of nitrogens with one attached hydrogen (secondary N) is 1. The van der Waals surface area contributed by atoms with Crippen molar-refractivity contribution in [3.8, 4) is 0 Å². The first kappa shape index (κ1) is 17.2. The van der Waals surface area contributed by atoms with Gasteiger partial charge in [-0.05, 0) is 39.0 Å². The first-order valence-electron chi connectivity index (χ1n) is 9.05. The quantitative estimate of drug-likeness (QED) is 0.849.